The number of nitrogens with one attached hydrogen (secondary N) is 1. The maximum atomic E-state index is 13.3. The zero-order valence-corrected chi connectivity index (χ0v) is 26.1. The van der Waals surface area contributed by atoms with Gasteiger partial charge in [0.05, 0.1) is 11.1 Å². The minimum absolute atomic E-state index is 0.208. The average molecular weight is 606 g/mol. The molecular formula is C31H39N7O4S. The first kappa shape index (κ1) is 33.2. The summed E-state index contributed by atoms with van der Waals surface area (Å²) in [4.78, 5) is 44.1. The van der Waals surface area contributed by atoms with Gasteiger partial charge in [0.15, 0.2) is 5.60 Å². The second kappa shape index (κ2) is 13.8. The van der Waals surface area contributed by atoms with Crippen molar-refractivity contribution < 1.29 is 19.1 Å². The number of carbonyl (C=O) groups excluding carboxylic acids is 3. The molecule has 0 radical (unpaired) electrons. The van der Waals surface area contributed by atoms with Crippen LogP contribution in [0.5, 0.6) is 0 Å². The van der Waals surface area contributed by atoms with Gasteiger partial charge in [-0.15, -0.1) is 0 Å². The zero-order chi connectivity index (χ0) is 31.9. The van der Waals surface area contributed by atoms with Gasteiger partial charge in [-0.05, 0) is 42.7 Å². The minimum atomic E-state index is -1.43. The van der Waals surface area contributed by atoms with Gasteiger partial charge in [-0.1, -0.05) is 69.8 Å². The summed E-state index contributed by atoms with van der Waals surface area (Å²) in [6.07, 6.45) is 0.764. The molecule has 1 aromatic carbocycles. The Morgan fingerprint density at radius 2 is 1.70 bits per heavy atom. The highest BCUT2D eigenvalue weighted by molar-refractivity contribution is 8.00. The molecule has 2 heterocycles. The first-order valence-electron chi connectivity index (χ1n) is 14.1. The van der Waals surface area contributed by atoms with Gasteiger partial charge < -0.3 is 26.4 Å². The Bertz CT molecular complexity index is 1440. The lowest BCUT2D eigenvalue weighted by Gasteiger charge is -2.37. The van der Waals surface area contributed by atoms with Gasteiger partial charge in [-0.2, -0.15) is 10.5 Å². The molecular weight excluding hydrogens is 566 g/mol. The van der Waals surface area contributed by atoms with E-state index in [9.17, 15) is 24.9 Å². The van der Waals surface area contributed by atoms with E-state index in [1.165, 1.54) is 0 Å². The first-order valence-corrected chi connectivity index (χ1v) is 15.0. The van der Waals surface area contributed by atoms with Crippen molar-refractivity contribution in [1.82, 2.24) is 10.3 Å². The predicted octanol–water partition coefficient (Wildman–Crippen LogP) is 4.08. The first-order chi connectivity index (χ1) is 20.2. The van der Waals surface area contributed by atoms with E-state index >= 15 is 0 Å². The van der Waals surface area contributed by atoms with Crippen LogP contribution in [0, 0.1) is 28.1 Å². The lowest BCUT2D eigenvalue weighted by molar-refractivity contribution is -0.142. The number of thioether (sulfide) groups is 1. The van der Waals surface area contributed by atoms with Gasteiger partial charge in [0.25, 0.3) is 5.91 Å². The molecule has 0 bridgehead atoms. The fraction of sp³-hybridized carbons (Fsp3) is 0.484. The molecule has 0 saturated carbocycles. The molecule has 2 atom stereocenters. The molecule has 1 aromatic heterocycles. The summed E-state index contributed by atoms with van der Waals surface area (Å²) in [5.74, 6) is -0.558. The maximum Gasteiger partial charge on any atom is 0.405 e. The van der Waals surface area contributed by atoms with Crippen LogP contribution >= 0.6 is 11.8 Å². The normalized spacial score (nSPS) is 15.8. The van der Waals surface area contributed by atoms with Crippen molar-refractivity contribution in [2.75, 3.05) is 18.0 Å². The number of ether oxygens (including phenoxy) is 1. The smallest absolute Gasteiger partial charge is 0.405 e. The number of nitrogens with two attached hydrogens (primary N) is 2. The van der Waals surface area contributed by atoms with E-state index in [2.05, 4.69) is 17.5 Å². The summed E-state index contributed by atoms with van der Waals surface area (Å²) in [5, 5.41) is 22.8. The third-order valence-electron chi connectivity index (χ3n) is 7.22. The highest BCUT2D eigenvalue weighted by Gasteiger charge is 2.42. The monoisotopic (exact) mass is 605 g/mol. The number of primary amides is 2. The second-order valence-corrected chi connectivity index (χ2v) is 13.1. The zero-order valence-electron chi connectivity index (χ0n) is 25.3. The highest BCUT2D eigenvalue weighted by atomic mass is 32.2. The molecule has 5 N–H and O–H groups in total. The van der Waals surface area contributed by atoms with Gasteiger partial charge in [-0.25, -0.2) is 9.78 Å². The fourth-order valence-electron chi connectivity index (χ4n) is 5.50. The number of nitriles is 2. The van der Waals surface area contributed by atoms with E-state index in [1.54, 1.807) is 31.2 Å². The number of amides is 3. The number of pyridine rings is 1. The Hall–Kier alpha value is -4.29. The maximum absolute atomic E-state index is 13.3. The van der Waals surface area contributed by atoms with E-state index in [0.29, 0.717) is 59.9 Å². The number of nitrogens with zero attached hydrogens (tertiary/aromatic N) is 4. The largest absolute Gasteiger partial charge is 0.433 e. The lowest BCUT2D eigenvalue weighted by atomic mass is 9.82. The summed E-state index contributed by atoms with van der Waals surface area (Å²) in [6, 6.07) is 13.3. The van der Waals surface area contributed by atoms with Crippen LogP contribution in [0.4, 0.5) is 10.6 Å². The molecule has 1 fully saturated rings. The van der Waals surface area contributed by atoms with E-state index in [0.717, 1.165) is 11.8 Å². The van der Waals surface area contributed by atoms with Crippen LogP contribution in [0.1, 0.15) is 81.4 Å². The number of anilines is 1. The molecule has 0 spiro atoms. The molecule has 1 aliphatic rings. The Labute approximate surface area is 256 Å². The number of hydrogen-bond donors (Lipinski definition) is 3. The highest BCUT2D eigenvalue weighted by Crippen LogP contribution is 2.40. The Morgan fingerprint density at radius 3 is 2.19 bits per heavy atom. The van der Waals surface area contributed by atoms with E-state index in [4.69, 9.17) is 21.2 Å². The Balaban J connectivity index is 1.88. The minimum Gasteiger partial charge on any atom is -0.433 e. The average Bonchev–Trinajstić information content (AvgIpc) is 2.94. The summed E-state index contributed by atoms with van der Waals surface area (Å²) in [6.45, 7) is 10.2. The van der Waals surface area contributed by atoms with Crippen molar-refractivity contribution in [3.63, 3.8) is 0 Å². The molecule has 228 valence electrons. The van der Waals surface area contributed by atoms with E-state index in [-0.39, 0.29) is 23.4 Å². The Kier molecular flexibility index (Phi) is 10.7. The van der Waals surface area contributed by atoms with E-state index < -0.39 is 28.8 Å². The number of benzene rings is 1. The van der Waals surface area contributed by atoms with Gasteiger partial charge in [0, 0.05) is 25.6 Å². The van der Waals surface area contributed by atoms with E-state index in [1.807, 2.05) is 38.7 Å². The van der Waals surface area contributed by atoms with Crippen LogP contribution < -0.4 is 21.7 Å². The predicted molar refractivity (Wildman–Crippen MR) is 164 cm³/mol. The molecule has 2 unspecified atom stereocenters. The van der Waals surface area contributed by atoms with Gasteiger partial charge in [0.2, 0.25) is 5.91 Å². The van der Waals surface area contributed by atoms with Gasteiger partial charge >= 0.3 is 6.09 Å². The summed E-state index contributed by atoms with van der Waals surface area (Å²) >= 11 is 1.10. The second-order valence-electron chi connectivity index (χ2n) is 12.0. The van der Waals surface area contributed by atoms with Crippen molar-refractivity contribution in [2.24, 2.45) is 16.9 Å². The summed E-state index contributed by atoms with van der Waals surface area (Å²) in [7, 11) is 0. The molecule has 3 rings (SSSR count). The standard InChI is InChI=1S/C31H39N7O4S/c1-6-21-22(16-32)26(37-27(23(21)17-33)43-24(25(34)39)19-10-8-7-9-11-19)38-14-12-20(13-15-38)36-28(40)31(5,42-29(35)41)18-30(2,3)4/h7-11,20,24H,6,12-15,18H2,1-5H3,(H2,34,39)(H2,35,41)(H,36,40). The van der Waals surface area contributed by atoms with Crippen LogP contribution in [0.3, 0.4) is 0 Å². The van der Waals surface area contributed by atoms with Crippen molar-refractivity contribution in [3.8, 4) is 12.1 Å². The molecule has 11 nitrogen and oxygen atoms in total. The number of carbonyl (C=O) groups is 3. The number of piperidine rings is 1. The van der Waals surface area contributed by atoms with Gasteiger partial charge in [-0.3, -0.25) is 9.59 Å². The third kappa shape index (κ3) is 8.17. The lowest BCUT2D eigenvalue weighted by Crippen LogP contribution is -2.55. The van der Waals surface area contributed by atoms with Crippen LogP contribution in [-0.2, 0) is 20.7 Å². The summed E-state index contributed by atoms with van der Waals surface area (Å²) in [5.41, 5.74) is 11.1. The van der Waals surface area contributed by atoms with Crippen LogP contribution in [0.2, 0.25) is 0 Å². The van der Waals surface area contributed by atoms with Crippen molar-refractivity contribution in [3.05, 3.63) is 52.6 Å². The van der Waals surface area contributed by atoms with Gasteiger partial charge in [0.1, 0.15) is 28.2 Å². The van der Waals surface area contributed by atoms with Crippen molar-refractivity contribution in [1.29, 1.82) is 10.5 Å². The van der Waals surface area contributed by atoms with Crippen LogP contribution in [0.15, 0.2) is 35.4 Å². The molecule has 12 heteroatoms. The molecule has 1 aliphatic heterocycles. The molecule has 3 amide bonds. The number of rotatable bonds is 10. The summed E-state index contributed by atoms with van der Waals surface area (Å²) < 4.78 is 5.29. The molecule has 1 saturated heterocycles. The number of hydrogen-bond acceptors (Lipinski definition) is 9. The van der Waals surface area contributed by atoms with Crippen LogP contribution in [0.25, 0.3) is 0 Å². The SMILES string of the molecule is CCc1c(C#N)c(SC(C(N)=O)c2ccccc2)nc(N2CCC(NC(=O)C(C)(CC(C)(C)C)OC(N)=O)CC2)c1C#N. The topological polar surface area (TPSA) is 188 Å². The van der Waals surface area contributed by atoms with Crippen molar-refractivity contribution in [2.45, 2.75) is 82.2 Å². The molecule has 0 aliphatic carbocycles. The Morgan fingerprint density at radius 1 is 1.09 bits per heavy atom. The number of aromatic nitrogens is 1. The quantitative estimate of drug-likeness (QED) is 0.335. The van der Waals surface area contributed by atoms with Crippen molar-refractivity contribution >= 4 is 35.5 Å². The fourth-order valence-corrected chi connectivity index (χ4v) is 6.56. The molecule has 43 heavy (non-hydrogen) atoms. The molecule has 2 aromatic rings. The van der Waals surface area contributed by atoms with Crippen LogP contribution in [-0.4, -0.2) is 47.6 Å². The third-order valence-corrected chi connectivity index (χ3v) is 8.48.